The Bertz CT molecular complexity index is 886. The van der Waals surface area contributed by atoms with Crippen molar-refractivity contribution in [1.82, 2.24) is 14.8 Å². The Balaban J connectivity index is 1.44. The lowest BCUT2D eigenvalue weighted by molar-refractivity contribution is -0.138. The molecule has 2 amide bonds. The Morgan fingerprint density at radius 2 is 2.03 bits per heavy atom. The average Bonchev–Trinajstić information content (AvgIpc) is 2.75. The largest absolute Gasteiger partial charge is 0.508 e. The summed E-state index contributed by atoms with van der Waals surface area (Å²) in [7, 11) is 0. The first-order valence-electron chi connectivity index (χ1n) is 10.3. The minimum atomic E-state index is -0.0445. The average molecular weight is 393 g/mol. The molecule has 3 heterocycles. The van der Waals surface area contributed by atoms with Gasteiger partial charge < -0.3 is 14.9 Å². The number of aromatic hydroxyl groups is 1. The molecule has 2 aliphatic heterocycles. The van der Waals surface area contributed by atoms with Crippen molar-refractivity contribution in [3.63, 3.8) is 0 Å². The molecule has 0 bridgehead atoms. The van der Waals surface area contributed by atoms with Crippen LogP contribution in [0.25, 0.3) is 0 Å². The van der Waals surface area contributed by atoms with E-state index in [1.165, 1.54) is 6.07 Å². The fraction of sp³-hybridized carbons (Fsp3) is 0.435. The summed E-state index contributed by atoms with van der Waals surface area (Å²) >= 11 is 0. The number of likely N-dealkylation sites (tertiary alicyclic amines) is 2. The number of hydrogen-bond acceptors (Lipinski definition) is 4. The molecule has 0 radical (unpaired) electrons. The van der Waals surface area contributed by atoms with Gasteiger partial charge in [-0.05, 0) is 49.6 Å². The Labute approximate surface area is 171 Å². The zero-order chi connectivity index (χ0) is 20.3. The molecule has 4 rings (SSSR count). The molecule has 2 fully saturated rings. The third-order valence-corrected chi connectivity index (χ3v) is 6.15. The second kappa shape index (κ2) is 8.23. The fourth-order valence-electron chi connectivity index (χ4n) is 4.64. The molecule has 152 valence electrons. The fourth-order valence-corrected chi connectivity index (χ4v) is 4.64. The molecule has 1 spiro atoms. The van der Waals surface area contributed by atoms with Crippen molar-refractivity contribution < 1.29 is 14.7 Å². The first-order chi connectivity index (χ1) is 14.0. The summed E-state index contributed by atoms with van der Waals surface area (Å²) in [6, 6.07) is 12.4. The number of piperidine rings is 2. The highest BCUT2D eigenvalue weighted by molar-refractivity contribution is 5.94. The molecule has 6 heteroatoms. The van der Waals surface area contributed by atoms with Gasteiger partial charge >= 0.3 is 0 Å². The van der Waals surface area contributed by atoms with Crippen molar-refractivity contribution >= 4 is 11.8 Å². The van der Waals surface area contributed by atoms with E-state index in [2.05, 4.69) is 4.98 Å². The highest BCUT2D eigenvalue weighted by Gasteiger charge is 2.42. The highest BCUT2D eigenvalue weighted by Crippen LogP contribution is 2.39. The van der Waals surface area contributed by atoms with Crippen molar-refractivity contribution in [2.45, 2.75) is 32.1 Å². The Morgan fingerprint density at radius 1 is 1.14 bits per heavy atom. The highest BCUT2D eigenvalue weighted by atomic mass is 16.3. The number of nitrogens with zero attached hydrogens (tertiary/aromatic N) is 3. The Morgan fingerprint density at radius 3 is 2.83 bits per heavy atom. The van der Waals surface area contributed by atoms with Crippen LogP contribution in [0.1, 0.15) is 41.7 Å². The van der Waals surface area contributed by atoms with Gasteiger partial charge in [0.2, 0.25) is 5.91 Å². The van der Waals surface area contributed by atoms with Crippen LogP contribution in [0.3, 0.4) is 0 Å². The number of phenols is 1. The van der Waals surface area contributed by atoms with Crippen molar-refractivity contribution in [2.24, 2.45) is 5.41 Å². The Kier molecular flexibility index (Phi) is 5.51. The second-order valence-corrected chi connectivity index (χ2v) is 8.27. The van der Waals surface area contributed by atoms with Crippen LogP contribution in [0.2, 0.25) is 0 Å². The van der Waals surface area contributed by atoms with Gasteiger partial charge in [-0.1, -0.05) is 12.1 Å². The molecule has 1 aromatic heterocycles. The summed E-state index contributed by atoms with van der Waals surface area (Å²) < 4.78 is 0. The van der Waals surface area contributed by atoms with Gasteiger partial charge in [0.1, 0.15) is 5.75 Å². The molecule has 2 aromatic rings. The molecule has 1 N–H and O–H groups in total. The number of carbonyl (C=O) groups excluding carboxylic acids is 2. The third kappa shape index (κ3) is 4.42. The summed E-state index contributed by atoms with van der Waals surface area (Å²) in [5, 5.41) is 9.70. The van der Waals surface area contributed by atoms with Crippen LogP contribution in [0.4, 0.5) is 0 Å². The molecule has 0 aliphatic carbocycles. The monoisotopic (exact) mass is 393 g/mol. The van der Waals surface area contributed by atoms with Crippen LogP contribution in [0, 0.1) is 5.41 Å². The van der Waals surface area contributed by atoms with E-state index in [0.717, 1.165) is 37.9 Å². The summed E-state index contributed by atoms with van der Waals surface area (Å²) in [6.07, 6.45) is 5.86. The van der Waals surface area contributed by atoms with Gasteiger partial charge in [-0.3, -0.25) is 14.6 Å². The topological polar surface area (TPSA) is 73.7 Å². The quantitative estimate of drug-likeness (QED) is 0.867. The summed E-state index contributed by atoms with van der Waals surface area (Å²) in [5.74, 6) is 0.256. The maximum atomic E-state index is 13.0. The van der Waals surface area contributed by atoms with E-state index >= 15 is 0 Å². The number of rotatable bonds is 4. The molecule has 0 saturated carbocycles. The van der Waals surface area contributed by atoms with Crippen LogP contribution >= 0.6 is 0 Å². The van der Waals surface area contributed by atoms with Crippen LogP contribution in [0.15, 0.2) is 48.7 Å². The Hall–Kier alpha value is -2.89. The van der Waals surface area contributed by atoms with Gasteiger partial charge in [0.25, 0.3) is 5.91 Å². The van der Waals surface area contributed by atoms with Crippen LogP contribution < -0.4 is 0 Å². The van der Waals surface area contributed by atoms with E-state index in [9.17, 15) is 14.7 Å². The lowest BCUT2D eigenvalue weighted by Gasteiger charge is -2.48. The SMILES string of the molecule is O=C1CC[C@@]2(CCCN(C(=O)c3cccc(O)c3)C2)CN1CCc1ccccn1. The molecule has 2 saturated heterocycles. The number of phenolic OH excluding ortho intramolecular Hbond substituents is 1. The van der Waals surface area contributed by atoms with E-state index in [4.69, 9.17) is 0 Å². The molecule has 2 aliphatic rings. The normalized spacial score (nSPS) is 22.1. The van der Waals surface area contributed by atoms with Crippen molar-refractivity contribution in [2.75, 3.05) is 26.2 Å². The number of hydrogen-bond donors (Lipinski definition) is 1. The van der Waals surface area contributed by atoms with Gasteiger partial charge in [-0.2, -0.15) is 0 Å². The first kappa shape index (κ1) is 19.4. The summed E-state index contributed by atoms with van der Waals surface area (Å²) in [5.41, 5.74) is 1.47. The van der Waals surface area contributed by atoms with E-state index in [1.54, 1.807) is 24.4 Å². The van der Waals surface area contributed by atoms with E-state index in [1.807, 2.05) is 28.0 Å². The maximum Gasteiger partial charge on any atom is 0.254 e. The molecule has 29 heavy (non-hydrogen) atoms. The van der Waals surface area contributed by atoms with Crippen molar-refractivity contribution in [1.29, 1.82) is 0 Å². The number of benzene rings is 1. The number of carbonyl (C=O) groups is 2. The first-order valence-corrected chi connectivity index (χ1v) is 10.3. The van der Waals surface area contributed by atoms with E-state index in [-0.39, 0.29) is 23.0 Å². The predicted molar refractivity (Wildman–Crippen MR) is 109 cm³/mol. The lowest BCUT2D eigenvalue weighted by Crippen LogP contribution is -2.55. The summed E-state index contributed by atoms with van der Waals surface area (Å²) in [6.45, 7) is 2.74. The lowest BCUT2D eigenvalue weighted by atomic mass is 9.73. The minimum Gasteiger partial charge on any atom is -0.508 e. The van der Waals surface area contributed by atoms with Crippen molar-refractivity contribution in [3.8, 4) is 5.75 Å². The number of amides is 2. The smallest absolute Gasteiger partial charge is 0.254 e. The molecule has 1 atom stereocenters. The van der Waals surface area contributed by atoms with Crippen LogP contribution in [-0.4, -0.2) is 57.9 Å². The third-order valence-electron chi connectivity index (χ3n) is 6.15. The molecular weight excluding hydrogens is 366 g/mol. The van der Waals surface area contributed by atoms with Gasteiger partial charge in [0, 0.05) is 61.9 Å². The standard InChI is InChI=1S/C23H27N3O3/c27-20-7-3-5-18(15-20)22(29)26-13-4-10-23(17-26)11-8-21(28)25(16-23)14-9-19-6-1-2-12-24-19/h1-3,5-7,12,15,27H,4,8-11,13-14,16-17H2/t23-/m0/s1. The van der Waals surface area contributed by atoms with Crippen LogP contribution in [0.5, 0.6) is 5.75 Å². The summed E-state index contributed by atoms with van der Waals surface area (Å²) in [4.78, 5) is 33.7. The maximum absolute atomic E-state index is 13.0. The zero-order valence-corrected chi connectivity index (χ0v) is 16.6. The number of pyridine rings is 1. The second-order valence-electron chi connectivity index (χ2n) is 8.27. The molecule has 6 nitrogen and oxygen atoms in total. The predicted octanol–water partition coefficient (Wildman–Crippen LogP) is 2.87. The van der Waals surface area contributed by atoms with Gasteiger partial charge in [0.15, 0.2) is 0 Å². The van der Waals surface area contributed by atoms with Crippen LogP contribution in [-0.2, 0) is 11.2 Å². The van der Waals surface area contributed by atoms with Gasteiger partial charge in [-0.15, -0.1) is 0 Å². The van der Waals surface area contributed by atoms with Crippen molar-refractivity contribution in [3.05, 3.63) is 59.9 Å². The van der Waals surface area contributed by atoms with E-state index < -0.39 is 0 Å². The number of aromatic nitrogens is 1. The van der Waals surface area contributed by atoms with E-state index in [0.29, 0.717) is 31.6 Å². The molecular formula is C23H27N3O3. The van der Waals surface area contributed by atoms with Gasteiger partial charge in [0.05, 0.1) is 0 Å². The minimum absolute atomic E-state index is 0.0389. The molecule has 0 unspecified atom stereocenters. The van der Waals surface area contributed by atoms with Gasteiger partial charge in [-0.25, -0.2) is 0 Å². The zero-order valence-electron chi connectivity index (χ0n) is 16.6. The molecule has 1 aromatic carbocycles.